The van der Waals surface area contributed by atoms with Gasteiger partial charge in [0.2, 0.25) is 0 Å². The predicted octanol–water partition coefficient (Wildman–Crippen LogP) is 0.476. The molecule has 0 spiro atoms. The van der Waals surface area contributed by atoms with Gasteiger partial charge in [-0.3, -0.25) is 0 Å². The number of hydrogen-bond donors (Lipinski definition) is 0. The molecule has 0 heterocycles. The van der Waals surface area contributed by atoms with Crippen LogP contribution in [0.2, 0.25) is 0 Å². The van der Waals surface area contributed by atoms with Gasteiger partial charge in [0.05, 0.1) is 0 Å². The molecule has 0 unspecified atom stereocenters. The summed E-state index contributed by atoms with van der Waals surface area (Å²) in [6, 6.07) is 10.3. The van der Waals surface area contributed by atoms with Crippen LogP contribution in [0, 0.1) is 14.4 Å². The van der Waals surface area contributed by atoms with Crippen molar-refractivity contribution < 1.29 is 58.2 Å². The van der Waals surface area contributed by atoms with Crippen LogP contribution in [0.1, 0.15) is 19.4 Å². The second-order valence-corrected chi connectivity index (χ2v) is 1.65. The van der Waals surface area contributed by atoms with E-state index in [9.17, 15) is 0 Å². The van der Waals surface area contributed by atoms with Crippen molar-refractivity contribution in [1.82, 2.24) is 0 Å². The summed E-state index contributed by atoms with van der Waals surface area (Å²) in [4.78, 5) is 0. The van der Waals surface area contributed by atoms with Crippen LogP contribution in [-0.4, -0.2) is 0 Å². The van der Waals surface area contributed by atoms with E-state index in [0.29, 0.717) is 0 Å². The van der Waals surface area contributed by atoms with Crippen molar-refractivity contribution in [2.75, 3.05) is 0 Å². The fraction of sp³-hybridized carbons (Fsp3) is 0.300. The molecule has 0 atom stereocenters. The van der Waals surface area contributed by atoms with Gasteiger partial charge in [0.15, 0.2) is 0 Å². The molecule has 0 fully saturated rings. The van der Waals surface area contributed by atoms with Gasteiger partial charge >= 0.3 is 58.2 Å². The summed E-state index contributed by atoms with van der Waals surface area (Å²) in [5.74, 6) is 0. The van der Waals surface area contributed by atoms with Gasteiger partial charge in [-0.25, -0.2) is 0 Å². The molecule has 1 aromatic rings. The molecule has 1 aromatic carbocycles. The van der Waals surface area contributed by atoms with E-state index in [1.807, 2.05) is 32.0 Å². The molecule has 0 saturated heterocycles. The Morgan fingerprint density at radius 2 is 1.27 bits per heavy atom. The Labute approximate surface area is 120 Å². The summed E-state index contributed by atoms with van der Waals surface area (Å²) >= 11 is 0. The van der Waals surface area contributed by atoms with Crippen LogP contribution in [0.4, 0.5) is 0 Å². The minimum Gasteiger partial charge on any atom is -0.358 e. The summed E-state index contributed by atoms with van der Waals surface area (Å²) in [6.07, 6.45) is 0. The minimum atomic E-state index is 0. The van der Waals surface area contributed by atoms with E-state index in [-0.39, 0.29) is 65.6 Å². The van der Waals surface area contributed by atoms with Crippen LogP contribution < -0.4 is 58.2 Å². The largest absolute Gasteiger partial charge is 1.00 e. The van der Waals surface area contributed by atoms with Gasteiger partial charge in [0.1, 0.15) is 0 Å². The molecule has 0 aliphatic heterocycles. The van der Waals surface area contributed by atoms with Gasteiger partial charge in [-0.2, -0.15) is 0 Å². The first-order chi connectivity index (χ1) is 4.39. The Bertz CT molecular complexity index is 135. The molecular weight excluding hydrogens is 206 g/mol. The van der Waals surface area contributed by atoms with E-state index in [1.165, 1.54) is 5.56 Å². The normalized spacial score (nSPS) is 6.09. The molecule has 58 valence electrons. The molecule has 0 saturated carbocycles. The molecule has 0 amide bonds. The molecule has 0 nitrogen and oxygen atoms in total. The van der Waals surface area contributed by atoms with Crippen molar-refractivity contribution >= 4 is 0 Å². The number of benzene rings is 1. The van der Waals surface area contributed by atoms with E-state index >= 15 is 0 Å². The average Bonchev–Trinajstić information content (AvgIpc) is 1.94. The molecule has 0 bridgehead atoms. The molecule has 11 heavy (non-hydrogen) atoms. The van der Waals surface area contributed by atoms with Gasteiger partial charge in [-0.15, -0.1) is 0 Å². The van der Waals surface area contributed by atoms with Crippen molar-refractivity contribution in [3.63, 3.8) is 0 Å². The molecule has 0 aliphatic carbocycles. The van der Waals surface area contributed by atoms with Gasteiger partial charge in [0, 0.05) is 0 Å². The summed E-state index contributed by atoms with van der Waals surface area (Å²) in [6.45, 7) is 6.08. The molecule has 0 aliphatic rings. The van der Waals surface area contributed by atoms with Crippen LogP contribution in [0.25, 0.3) is 0 Å². The summed E-state index contributed by atoms with van der Waals surface area (Å²) in [7, 11) is 0. The Hall–Kier alpha value is 1.03. The van der Waals surface area contributed by atoms with Crippen LogP contribution in [0.15, 0.2) is 30.3 Å². The third-order valence-corrected chi connectivity index (χ3v) is 0.940. The van der Waals surface area contributed by atoms with Crippen molar-refractivity contribution in [3.05, 3.63) is 43.3 Å². The summed E-state index contributed by atoms with van der Waals surface area (Å²) in [5.41, 5.74) is 1.32. The van der Waals surface area contributed by atoms with Gasteiger partial charge < -0.3 is 7.43 Å². The smallest absolute Gasteiger partial charge is 0.358 e. The molecule has 0 aromatic heterocycles. The zero-order valence-electron chi connectivity index (χ0n) is 8.39. The van der Waals surface area contributed by atoms with E-state index in [1.54, 1.807) is 0 Å². The number of aryl methyl sites for hydroxylation is 1. The van der Waals surface area contributed by atoms with Gasteiger partial charge in [-0.05, 0) is 6.92 Å². The summed E-state index contributed by atoms with van der Waals surface area (Å²) in [5, 5.41) is 0. The second kappa shape index (κ2) is 13.6. The Kier molecular flexibility index (Phi) is 22.2. The average molecular weight is 223 g/mol. The van der Waals surface area contributed by atoms with Gasteiger partial charge in [0.25, 0.3) is 0 Å². The Morgan fingerprint density at radius 1 is 0.909 bits per heavy atom. The first kappa shape index (κ1) is 17.9. The molecule has 0 radical (unpaired) electrons. The fourth-order valence-corrected chi connectivity index (χ4v) is 0.534. The minimum absolute atomic E-state index is 0. The van der Waals surface area contributed by atoms with Crippen molar-refractivity contribution in [1.29, 1.82) is 0 Å². The van der Waals surface area contributed by atoms with E-state index in [4.69, 9.17) is 0 Å². The van der Waals surface area contributed by atoms with Crippen LogP contribution in [0.5, 0.6) is 0 Å². The SMILES string of the molecule is CC.Cc1ccccc1.[CH3-].[Rb+]. The monoisotopic (exact) mass is 222 g/mol. The van der Waals surface area contributed by atoms with Crippen LogP contribution >= 0.6 is 0 Å². The van der Waals surface area contributed by atoms with Crippen molar-refractivity contribution in [2.45, 2.75) is 20.8 Å². The third-order valence-electron chi connectivity index (χ3n) is 0.940. The zero-order valence-corrected chi connectivity index (χ0v) is 13.3. The van der Waals surface area contributed by atoms with Crippen molar-refractivity contribution in [3.8, 4) is 0 Å². The fourth-order valence-electron chi connectivity index (χ4n) is 0.534. The molecular formula is C10H17Rb. The molecule has 1 heteroatoms. The van der Waals surface area contributed by atoms with E-state index in [0.717, 1.165) is 0 Å². The quantitative estimate of drug-likeness (QED) is 0.560. The predicted molar refractivity (Wildman–Crippen MR) is 48.9 cm³/mol. The maximum atomic E-state index is 2.08. The zero-order chi connectivity index (χ0) is 7.11. The van der Waals surface area contributed by atoms with Crippen LogP contribution in [0.3, 0.4) is 0 Å². The molecule has 1 rings (SSSR count). The first-order valence-electron chi connectivity index (χ1n) is 3.41. The Balaban J connectivity index is -0.000000149. The summed E-state index contributed by atoms with van der Waals surface area (Å²) < 4.78 is 0. The van der Waals surface area contributed by atoms with Crippen molar-refractivity contribution in [2.24, 2.45) is 0 Å². The van der Waals surface area contributed by atoms with E-state index < -0.39 is 0 Å². The molecule has 0 N–H and O–H groups in total. The number of rotatable bonds is 0. The maximum Gasteiger partial charge on any atom is 1.00 e. The topological polar surface area (TPSA) is 0 Å². The third kappa shape index (κ3) is 11.0. The Morgan fingerprint density at radius 3 is 1.45 bits per heavy atom. The van der Waals surface area contributed by atoms with Crippen LogP contribution in [-0.2, 0) is 0 Å². The maximum absolute atomic E-state index is 2.08. The first-order valence-corrected chi connectivity index (χ1v) is 3.41. The number of hydrogen-bond acceptors (Lipinski definition) is 0. The van der Waals surface area contributed by atoms with E-state index in [2.05, 4.69) is 19.1 Å². The standard InChI is InChI=1S/C7H8.C2H6.CH3.Rb/c1-7-5-3-2-4-6-7;1-2;;/h2-6H,1H3;1-2H3;1H3;/q;;-1;+1. The second-order valence-electron chi connectivity index (χ2n) is 1.65. The van der Waals surface area contributed by atoms with Gasteiger partial charge in [-0.1, -0.05) is 49.7 Å².